The summed E-state index contributed by atoms with van der Waals surface area (Å²) in [6.07, 6.45) is 1.56. The van der Waals surface area contributed by atoms with Crippen molar-refractivity contribution in [1.82, 2.24) is 9.80 Å². The van der Waals surface area contributed by atoms with E-state index in [2.05, 4.69) is 10.2 Å². The minimum Gasteiger partial charge on any atom is -0.326 e. The van der Waals surface area contributed by atoms with Crippen LogP contribution in [0.2, 0.25) is 0 Å². The molecule has 3 amide bonds. The SMILES string of the molecule is O=C(Nc1ccccc1)C1CCN(CCN2C(=O)c3ccccc3C2=O)CC1. The van der Waals surface area contributed by atoms with Crippen molar-refractivity contribution in [2.24, 2.45) is 5.92 Å². The highest BCUT2D eigenvalue weighted by atomic mass is 16.2. The fraction of sp³-hybridized carbons (Fsp3) is 0.318. The van der Waals surface area contributed by atoms with E-state index in [1.54, 1.807) is 24.3 Å². The number of fused-ring (bicyclic) bond motifs is 1. The van der Waals surface area contributed by atoms with Gasteiger partial charge in [-0.1, -0.05) is 30.3 Å². The Labute approximate surface area is 164 Å². The lowest BCUT2D eigenvalue weighted by Crippen LogP contribution is -2.43. The van der Waals surface area contributed by atoms with Crippen molar-refractivity contribution in [3.8, 4) is 0 Å². The first-order valence-corrected chi connectivity index (χ1v) is 9.67. The van der Waals surface area contributed by atoms with Gasteiger partial charge in [0.15, 0.2) is 0 Å². The number of hydrogen-bond donors (Lipinski definition) is 1. The molecule has 2 aromatic rings. The van der Waals surface area contributed by atoms with Gasteiger partial charge in [0.2, 0.25) is 5.91 Å². The van der Waals surface area contributed by atoms with E-state index in [4.69, 9.17) is 0 Å². The Hall–Kier alpha value is -2.99. The number of para-hydroxylation sites is 1. The maximum absolute atomic E-state index is 12.4. The first-order chi connectivity index (χ1) is 13.6. The number of carbonyl (C=O) groups is 3. The summed E-state index contributed by atoms with van der Waals surface area (Å²) in [5.74, 6) is -0.364. The molecule has 0 saturated carbocycles. The van der Waals surface area contributed by atoms with Crippen LogP contribution in [0.4, 0.5) is 5.69 Å². The third kappa shape index (κ3) is 3.68. The number of piperidine rings is 1. The zero-order chi connectivity index (χ0) is 19.5. The van der Waals surface area contributed by atoms with Crippen LogP contribution in [0.5, 0.6) is 0 Å². The van der Waals surface area contributed by atoms with Crippen LogP contribution in [0.3, 0.4) is 0 Å². The molecular weight excluding hydrogens is 354 g/mol. The smallest absolute Gasteiger partial charge is 0.261 e. The second-order valence-electron chi connectivity index (χ2n) is 7.28. The summed E-state index contributed by atoms with van der Waals surface area (Å²) in [5.41, 5.74) is 1.80. The third-order valence-corrected chi connectivity index (χ3v) is 5.52. The van der Waals surface area contributed by atoms with Crippen molar-refractivity contribution >= 4 is 23.4 Å². The molecule has 4 rings (SSSR count). The van der Waals surface area contributed by atoms with Crippen molar-refractivity contribution in [1.29, 1.82) is 0 Å². The van der Waals surface area contributed by atoms with Gasteiger partial charge in [0.1, 0.15) is 0 Å². The van der Waals surface area contributed by atoms with E-state index < -0.39 is 0 Å². The molecule has 0 aromatic heterocycles. The molecule has 0 spiro atoms. The Kier molecular flexibility index (Phi) is 5.21. The average Bonchev–Trinajstić information content (AvgIpc) is 2.98. The Morgan fingerprint density at radius 3 is 2.04 bits per heavy atom. The molecule has 28 heavy (non-hydrogen) atoms. The summed E-state index contributed by atoms with van der Waals surface area (Å²) >= 11 is 0. The fourth-order valence-corrected chi connectivity index (χ4v) is 3.87. The van der Waals surface area contributed by atoms with Crippen molar-refractivity contribution in [2.75, 3.05) is 31.5 Å². The first kappa shape index (κ1) is 18.4. The van der Waals surface area contributed by atoms with Gasteiger partial charge in [-0.25, -0.2) is 0 Å². The summed E-state index contributed by atoms with van der Waals surface area (Å²) < 4.78 is 0. The van der Waals surface area contributed by atoms with Crippen LogP contribution in [0.25, 0.3) is 0 Å². The number of likely N-dealkylation sites (tertiary alicyclic amines) is 1. The summed E-state index contributed by atoms with van der Waals surface area (Å²) in [4.78, 5) is 40.8. The molecule has 144 valence electrons. The molecule has 2 aliphatic rings. The number of nitrogens with zero attached hydrogens (tertiary/aromatic N) is 2. The van der Waals surface area contributed by atoms with Crippen molar-refractivity contribution in [2.45, 2.75) is 12.8 Å². The normalized spacial score (nSPS) is 17.6. The lowest BCUT2D eigenvalue weighted by atomic mass is 9.96. The van der Waals surface area contributed by atoms with Gasteiger partial charge in [-0.3, -0.25) is 19.3 Å². The highest BCUT2D eigenvalue weighted by Crippen LogP contribution is 2.23. The van der Waals surface area contributed by atoms with Crippen molar-refractivity contribution in [3.63, 3.8) is 0 Å². The minimum absolute atomic E-state index is 0.00392. The fourth-order valence-electron chi connectivity index (χ4n) is 3.87. The molecule has 0 unspecified atom stereocenters. The number of amides is 3. The van der Waals surface area contributed by atoms with Crippen molar-refractivity contribution in [3.05, 3.63) is 65.7 Å². The Balaban J connectivity index is 1.26. The molecule has 1 saturated heterocycles. The zero-order valence-corrected chi connectivity index (χ0v) is 15.6. The van der Waals surface area contributed by atoms with Gasteiger partial charge in [-0.2, -0.15) is 0 Å². The Morgan fingerprint density at radius 2 is 1.43 bits per heavy atom. The van der Waals surface area contributed by atoms with E-state index in [0.717, 1.165) is 31.6 Å². The van der Waals surface area contributed by atoms with Gasteiger partial charge >= 0.3 is 0 Å². The maximum Gasteiger partial charge on any atom is 0.261 e. The van der Waals surface area contributed by atoms with Gasteiger partial charge < -0.3 is 10.2 Å². The molecule has 2 aliphatic heterocycles. The largest absolute Gasteiger partial charge is 0.326 e. The molecule has 1 N–H and O–H groups in total. The minimum atomic E-state index is -0.210. The summed E-state index contributed by atoms with van der Waals surface area (Å²) in [6, 6.07) is 16.4. The zero-order valence-electron chi connectivity index (χ0n) is 15.6. The van der Waals surface area contributed by atoms with Crippen LogP contribution in [-0.2, 0) is 4.79 Å². The van der Waals surface area contributed by atoms with E-state index in [9.17, 15) is 14.4 Å². The van der Waals surface area contributed by atoms with Gasteiger partial charge in [0.05, 0.1) is 11.1 Å². The molecule has 1 fully saturated rings. The van der Waals surface area contributed by atoms with Gasteiger partial charge in [-0.05, 0) is 50.2 Å². The lowest BCUT2D eigenvalue weighted by molar-refractivity contribution is -0.121. The molecular formula is C22H23N3O3. The van der Waals surface area contributed by atoms with Crippen LogP contribution in [-0.4, -0.2) is 53.7 Å². The van der Waals surface area contributed by atoms with E-state index in [0.29, 0.717) is 24.2 Å². The van der Waals surface area contributed by atoms with E-state index in [1.165, 1.54) is 4.90 Å². The van der Waals surface area contributed by atoms with E-state index in [-0.39, 0.29) is 23.6 Å². The molecule has 2 aromatic carbocycles. The van der Waals surface area contributed by atoms with Crippen LogP contribution in [0, 0.1) is 5.92 Å². The van der Waals surface area contributed by atoms with E-state index >= 15 is 0 Å². The van der Waals surface area contributed by atoms with Crippen LogP contribution >= 0.6 is 0 Å². The monoisotopic (exact) mass is 377 g/mol. The number of carbonyl (C=O) groups excluding carboxylic acids is 3. The average molecular weight is 377 g/mol. The van der Waals surface area contributed by atoms with Gasteiger partial charge in [0, 0.05) is 24.7 Å². The second kappa shape index (κ2) is 7.94. The van der Waals surface area contributed by atoms with Crippen LogP contribution in [0.15, 0.2) is 54.6 Å². The highest BCUT2D eigenvalue weighted by Gasteiger charge is 2.35. The molecule has 0 atom stereocenters. The maximum atomic E-state index is 12.4. The van der Waals surface area contributed by atoms with Gasteiger partial charge in [0.25, 0.3) is 11.8 Å². The quantitative estimate of drug-likeness (QED) is 0.814. The molecule has 0 bridgehead atoms. The first-order valence-electron chi connectivity index (χ1n) is 9.67. The summed E-state index contributed by atoms with van der Waals surface area (Å²) in [7, 11) is 0. The third-order valence-electron chi connectivity index (χ3n) is 5.52. The predicted molar refractivity (Wildman–Crippen MR) is 106 cm³/mol. The van der Waals surface area contributed by atoms with Gasteiger partial charge in [-0.15, -0.1) is 0 Å². The Morgan fingerprint density at radius 1 is 0.857 bits per heavy atom. The second-order valence-corrected chi connectivity index (χ2v) is 7.28. The number of imide groups is 1. The molecule has 6 nitrogen and oxygen atoms in total. The molecule has 0 aliphatic carbocycles. The number of nitrogens with one attached hydrogen (secondary N) is 1. The van der Waals surface area contributed by atoms with E-state index in [1.807, 2.05) is 30.3 Å². The van der Waals surface area contributed by atoms with Crippen LogP contribution < -0.4 is 5.32 Å². The molecule has 0 radical (unpaired) electrons. The Bertz CT molecular complexity index is 854. The number of rotatable bonds is 5. The molecule has 2 heterocycles. The van der Waals surface area contributed by atoms with Crippen molar-refractivity contribution < 1.29 is 14.4 Å². The highest BCUT2D eigenvalue weighted by molar-refractivity contribution is 6.21. The van der Waals surface area contributed by atoms with Crippen LogP contribution in [0.1, 0.15) is 33.6 Å². The topological polar surface area (TPSA) is 69.7 Å². The number of benzene rings is 2. The number of hydrogen-bond acceptors (Lipinski definition) is 4. The summed E-state index contributed by atoms with van der Waals surface area (Å²) in [5, 5.41) is 2.97. The number of anilines is 1. The standard InChI is InChI=1S/C22H23N3O3/c26-20(23-17-6-2-1-3-7-17)16-10-12-24(13-11-16)14-15-25-21(27)18-8-4-5-9-19(18)22(25)28/h1-9,16H,10-15H2,(H,23,26). The predicted octanol–water partition coefficient (Wildman–Crippen LogP) is 2.63. The summed E-state index contributed by atoms with van der Waals surface area (Å²) in [6.45, 7) is 2.60. The molecule has 6 heteroatoms. The lowest BCUT2D eigenvalue weighted by Gasteiger charge is -2.32.